The Balaban J connectivity index is 1.82. The minimum atomic E-state index is -0.193. The molecular formula is C24H21N3O. The van der Waals surface area contributed by atoms with Gasteiger partial charge >= 0.3 is 0 Å². The highest BCUT2D eigenvalue weighted by molar-refractivity contribution is 6.12. The van der Waals surface area contributed by atoms with E-state index in [2.05, 4.69) is 36.3 Å². The maximum absolute atomic E-state index is 13.1. The molecule has 0 radical (unpaired) electrons. The predicted octanol–water partition coefficient (Wildman–Crippen LogP) is 5.47. The summed E-state index contributed by atoms with van der Waals surface area (Å²) < 4.78 is 0. The number of hydrogen-bond acceptors (Lipinski definition) is 3. The lowest BCUT2D eigenvalue weighted by molar-refractivity contribution is 0.102. The second kappa shape index (κ2) is 7.24. The molecule has 0 atom stereocenters. The molecule has 2 aromatic heterocycles. The number of anilines is 1. The Morgan fingerprint density at radius 2 is 1.71 bits per heavy atom. The molecule has 0 spiro atoms. The molecule has 1 amide bonds. The normalized spacial score (nSPS) is 10.8. The maximum Gasteiger partial charge on any atom is 0.257 e. The Hall–Kier alpha value is -3.53. The van der Waals surface area contributed by atoms with Gasteiger partial charge in [-0.15, -0.1) is 0 Å². The molecule has 0 aliphatic heterocycles. The third-order valence-electron chi connectivity index (χ3n) is 4.92. The summed E-state index contributed by atoms with van der Waals surface area (Å²) in [4.78, 5) is 22.1. The number of rotatable bonds is 3. The standard InChI is InChI=1S/C24H21N3O/c1-15-10-11-25-23(12-15)27-24(28)20-14-22(18-9-8-16(2)17(3)13-18)26-21-7-5-4-6-19(20)21/h4-14H,1-3H3,(H,25,27,28). The molecular weight excluding hydrogens is 346 g/mol. The van der Waals surface area contributed by atoms with Crippen molar-refractivity contribution in [1.29, 1.82) is 0 Å². The number of nitrogens with one attached hydrogen (secondary N) is 1. The van der Waals surface area contributed by atoms with E-state index >= 15 is 0 Å². The second-order valence-electron chi connectivity index (χ2n) is 7.04. The lowest BCUT2D eigenvalue weighted by atomic mass is 10.0. The van der Waals surface area contributed by atoms with Crippen LogP contribution in [0.15, 0.2) is 66.9 Å². The Bertz CT molecular complexity index is 1200. The number of fused-ring (bicyclic) bond motifs is 1. The van der Waals surface area contributed by atoms with E-state index in [1.165, 1.54) is 11.1 Å². The number of aromatic nitrogens is 2. The smallest absolute Gasteiger partial charge is 0.257 e. The highest BCUT2D eigenvalue weighted by Crippen LogP contribution is 2.27. The van der Waals surface area contributed by atoms with Crippen LogP contribution >= 0.6 is 0 Å². The van der Waals surface area contributed by atoms with E-state index in [-0.39, 0.29) is 5.91 Å². The molecule has 0 aliphatic carbocycles. The number of para-hydroxylation sites is 1. The summed E-state index contributed by atoms with van der Waals surface area (Å²) in [6.07, 6.45) is 1.69. The van der Waals surface area contributed by atoms with Gasteiger partial charge in [-0.25, -0.2) is 9.97 Å². The van der Waals surface area contributed by atoms with Gasteiger partial charge < -0.3 is 5.32 Å². The Morgan fingerprint density at radius 3 is 2.50 bits per heavy atom. The van der Waals surface area contributed by atoms with Gasteiger partial charge in [-0.05, 0) is 67.8 Å². The summed E-state index contributed by atoms with van der Waals surface area (Å²) in [5.74, 6) is 0.348. The van der Waals surface area contributed by atoms with Crippen LogP contribution in [0.4, 0.5) is 5.82 Å². The summed E-state index contributed by atoms with van der Waals surface area (Å²) in [5.41, 5.74) is 6.62. The average molecular weight is 367 g/mol. The molecule has 28 heavy (non-hydrogen) atoms. The molecule has 0 bridgehead atoms. The quantitative estimate of drug-likeness (QED) is 0.522. The van der Waals surface area contributed by atoms with E-state index in [1.54, 1.807) is 6.20 Å². The van der Waals surface area contributed by atoms with Crippen molar-refractivity contribution in [3.63, 3.8) is 0 Å². The number of nitrogens with zero attached hydrogens (tertiary/aromatic N) is 2. The van der Waals surface area contributed by atoms with Gasteiger partial charge in [-0.1, -0.05) is 30.3 Å². The first-order valence-electron chi connectivity index (χ1n) is 9.23. The van der Waals surface area contributed by atoms with Crippen molar-refractivity contribution in [3.8, 4) is 11.3 Å². The van der Waals surface area contributed by atoms with Crippen LogP contribution in [0.2, 0.25) is 0 Å². The van der Waals surface area contributed by atoms with E-state index < -0.39 is 0 Å². The highest BCUT2D eigenvalue weighted by Gasteiger charge is 2.15. The van der Waals surface area contributed by atoms with Crippen LogP contribution in [0.5, 0.6) is 0 Å². The monoisotopic (exact) mass is 367 g/mol. The summed E-state index contributed by atoms with van der Waals surface area (Å²) in [6.45, 7) is 6.13. The van der Waals surface area contributed by atoms with E-state index in [9.17, 15) is 4.79 Å². The summed E-state index contributed by atoms with van der Waals surface area (Å²) >= 11 is 0. The lowest BCUT2D eigenvalue weighted by Gasteiger charge is -2.11. The third kappa shape index (κ3) is 3.49. The topological polar surface area (TPSA) is 54.9 Å². The van der Waals surface area contributed by atoms with Crippen molar-refractivity contribution in [3.05, 3.63) is 89.1 Å². The first kappa shape index (κ1) is 17.9. The fourth-order valence-electron chi connectivity index (χ4n) is 3.20. The number of carbonyl (C=O) groups is 1. The van der Waals surface area contributed by atoms with Crippen LogP contribution in [-0.2, 0) is 0 Å². The molecule has 4 nitrogen and oxygen atoms in total. The van der Waals surface area contributed by atoms with E-state index in [0.29, 0.717) is 11.4 Å². The molecule has 0 saturated heterocycles. The molecule has 0 unspecified atom stereocenters. The molecule has 0 fully saturated rings. The first-order valence-corrected chi connectivity index (χ1v) is 9.23. The molecule has 0 aliphatic rings. The van der Waals surface area contributed by atoms with Crippen molar-refractivity contribution in [2.24, 2.45) is 0 Å². The Labute approximate surface area is 164 Å². The molecule has 4 rings (SSSR count). The molecule has 2 aromatic carbocycles. The van der Waals surface area contributed by atoms with Crippen molar-refractivity contribution >= 4 is 22.6 Å². The zero-order chi connectivity index (χ0) is 19.7. The fourth-order valence-corrected chi connectivity index (χ4v) is 3.20. The van der Waals surface area contributed by atoms with Crippen LogP contribution in [0.3, 0.4) is 0 Å². The number of carbonyl (C=O) groups excluding carboxylic acids is 1. The molecule has 4 heteroatoms. The van der Waals surface area contributed by atoms with Gasteiger partial charge in [0.25, 0.3) is 5.91 Å². The van der Waals surface area contributed by atoms with Crippen LogP contribution < -0.4 is 5.32 Å². The minimum Gasteiger partial charge on any atom is -0.307 e. The molecule has 2 heterocycles. The largest absolute Gasteiger partial charge is 0.307 e. The van der Waals surface area contributed by atoms with Gasteiger partial charge in [0.1, 0.15) is 5.82 Å². The number of pyridine rings is 2. The van der Waals surface area contributed by atoms with Gasteiger partial charge in [0.2, 0.25) is 0 Å². The van der Waals surface area contributed by atoms with E-state index in [1.807, 2.05) is 55.5 Å². The Morgan fingerprint density at radius 1 is 0.893 bits per heavy atom. The molecule has 4 aromatic rings. The van der Waals surface area contributed by atoms with Gasteiger partial charge in [0, 0.05) is 17.1 Å². The molecule has 0 saturated carbocycles. The highest BCUT2D eigenvalue weighted by atomic mass is 16.1. The SMILES string of the molecule is Cc1ccnc(NC(=O)c2cc(-c3ccc(C)c(C)c3)nc3ccccc23)c1. The van der Waals surface area contributed by atoms with Crippen LogP contribution in [0.25, 0.3) is 22.2 Å². The summed E-state index contributed by atoms with van der Waals surface area (Å²) in [6, 6.07) is 19.5. The molecule has 1 N–H and O–H groups in total. The number of hydrogen-bond donors (Lipinski definition) is 1. The summed E-state index contributed by atoms with van der Waals surface area (Å²) in [5, 5.41) is 3.73. The first-order chi connectivity index (χ1) is 13.5. The number of amides is 1. The van der Waals surface area contributed by atoms with Crippen LogP contribution in [-0.4, -0.2) is 15.9 Å². The van der Waals surface area contributed by atoms with Crippen molar-refractivity contribution in [2.75, 3.05) is 5.32 Å². The lowest BCUT2D eigenvalue weighted by Crippen LogP contribution is -2.14. The second-order valence-corrected chi connectivity index (χ2v) is 7.04. The van der Waals surface area contributed by atoms with E-state index in [4.69, 9.17) is 4.98 Å². The summed E-state index contributed by atoms with van der Waals surface area (Å²) in [7, 11) is 0. The minimum absolute atomic E-state index is 0.193. The van der Waals surface area contributed by atoms with Gasteiger partial charge in [0.05, 0.1) is 16.8 Å². The van der Waals surface area contributed by atoms with Crippen LogP contribution in [0, 0.1) is 20.8 Å². The molecule has 138 valence electrons. The zero-order valence-electron chi connectivity index (χ0n) is 16.2. The fraction of sp³-hybridized carbons (Fsp3) is 0.125. The van der Waals surface area contributed by atoms with Crippen molar-refractivity contribution in [2.45, 2.75) is 20.8 Å². The van der Waals surface area contributed by atoms with Crippen LogP contribution in [0.1, 0.15) is 27.0 Å². The van der Waals surface area contributed by atoms with Gasteiger partial charge in [0.15, 0.2) is 0 Å². The van der Waals surface area contributed by atoms with Crippen molar-refractivity contribution < 1.29 is 4.79 Å². The third-order valence-corrected chi connectivity index (χ3v) is 4.92. The predicted molar refractivity (Wildman–Crippen MR) is 114 cm³/mol. The zero-order valence-corrected chi connectivity index (χ0v) is 16.2. The average Bonchev–Trinajstić information content (AvgIpc) is 2.69. The Kier molecular flexibility index (Phi) is 4.62. The van der Waals surface area contributed by atoms with Gasteiger partial charge in [-0.3, -0.25) is 4.79 Å². The van der Waals surface area contributed by atoms with E-state index in [0.717, 1.165) is 27.7 Å². The van der Waals surface area contributed by atoms with Crippen molar-refractivity contribution in [1.82, 2.24) is 9.97 Å². The number of benzene rings is 2. The maximum atomic E-state index is 13.1. The van der Waals surface area contributed by atoms with Gasteiger partial charge in [-0.2, -0.15) is 0 Å². The number of aryl methyl sites for hydroxylation is 3.